The molecule has 1 amide bonds. The molecule has 0 saturated carbocycles. The summed E-state index contributed by atoms with van der Waals surface area (Å²) in [7, 11) is 0. The lowest BCUT2D eigenvalue weighted by Crippen LogP contribution is -2.35. The minimum absolute atomic E-state index is 0.00408. The lowest BCUT2D eigenvalue weighted by molar-refractivity contribution is -0.137. The van der Waals surface area contributed by atoms with Crippen molar-refractivity contribution in [2.75, 3.05) is 6.54 Å². The van der Waals surface area contributed by atoms with Crippen LogP contribution in [0.4, 0.5) is 18.0 Å². The fourth-order valence-electron chi connectivity index (χ4n) is 2.37. The molecule has 0 fully saturated rings. The predicted molar refractivity (Wildman–Crippen MR) is 91.8 cm³/mol. The Labute approximate surface area is 158 Å². The summed E-state index contributed by atoms with van der Waals surface area (Å²) in [4.78, 5) is 11.6. The van der Waals surface area contributed by atoms with Crippen molar-refractivity contribution >= 4 is 6.09 Å². The Bertz CT molecular complexity index is 850. The number of hydrogen-bond donors (Lipinski definition) is 3. The molecule has 0 spiro atoms. The van der Waals surface area contributed by atoms with Gasteiger partial charge in [-0.2, -0.15) is 18.4 Å². The first-order valence-corrected chi connectivity index (χ1v) is 8.14. The second-order valence-electron chi connectivity index (χ2n) is 5.87. The summed E-state index contributed by atoms with van der Waals surface area (Å²) in [5.74, 6) is 0. The Morgan fingerprint density at radius 3 is 2.46 bits per heavy atom. The number of nitrogens with one attached hydrogen (secondary N) is 1. The molecule has 0 aromatic heterocycles. The zero-order valence-electron chi connectivity index (χ0n) is 14.5. The molecule has 0 heterocycles. The van der Waals surface area contributed by atoms with Gasteiger partial charge in [0.1, 0.15) is 18.8 Å². The van der Waals surface area contributed by atoms with E-state index in [9.17, 15) is 28.2 Å². The lowest BCUT2D eigenvalue weighted by atomic mass is 9.98. The number of benzene rings is 2. The van der Waals surface area contributed by atoms with E-state index < -0.39 is 42.1 Å². The second-order valence-corrected chi connectivity index (χ2v) is 5.87. The summed E-state index contributed by atoms with van der Waals surface area (Å²) in [6.45, 7) is -0.452. The summed E-state index contributed by atoms with van der Waals surface area (Å²) in [5, 5.41) is 31.0. The third-order valence-corrected chi connectivity index (χ3v) is 3.84. The van der Waals surface area contributed by atoms with Crippen molar-refractivity contribution in [3.63, 3.8) is 0 Å². The van der Waals surface area contributed by atoms with Crippen LogP contribution in [0.5, 0.6) is 0 Å². The third-order valence-electron chi connectivity index (χ3n) is 3.84. The van der Waals surface area contributed by atoms with Crippen molar-refractivity contribution in [2.45, 2.75) is 25.0 Å². The standard InChI is InChI=1S/C19H17F3N2O4/c20-19(21,22)15-8-13(6-7-14(15)9-23)17(26)16(25)10-24-18(27)28-11-12-4-2-1-3-5-12/h1-8,16-17,25-26H,10-11H2,(H,24,27). The molecule has 9 heteroatoms. The summed E-state index contributed by atoms with van der Waals surface area (Å²) in [6, 6.07) is 12.9. The van der Waals surface area contributed by atoms with Gasteiger partial charge in [0, 0.05) is 6.54 Å². The van der Waals surface area contributed by atoms with Crippen LogP contribution in [0.3, 0.4) is 0 Å². The third kappa shape index (κ3) is 5.70. The summed E-state index contributed by atoms with van der Waals surface area (Å²) in [6.07, 6.45) is -8.93. The highest BCUT2D eigenvalue weighted by Crippen LogP contribution is 2.34. The molecule has 2 aromatic carbocycles. The number of alkyl carbamates (subject to hydrolysis) is 1. The van der Waals surface area contributed by atoms with Crippen LogP contribution in [0.2, 0.25) is 0 Å². The van der Waals surface area contributed by atoms with Crippen LogP contribution >= 0.6 is 0 Å². The molecule has 0 aliphatic heterocycles. The quantitative estimate of drug-likeness (QED) is 0.699. The van der Waals surface area contributed by atoms with Crippen molar-refractivity contribution in [1.29, 1.82) is 5.26 Å². The lowest BCUT2D eigenvalue weighted by Gasteiger charge is -2.20. The van der Waals surface area contributed by atoms with E-state index in [1.54, 1.807) is 30.3 Å². The number of hydrogen-bond acceptors (Lipinski definition) is 5. The van der Waals surface area contributed by atoms with Crippen molar-refractivity contribution in [3.8, 4) is 6.07 Å². The monoisotopic (exact) mass is 394 g/mol. The number of rotatable bonds is 6. The smallest absolute Gasteiger partial charge is 0.417 e. The highest BCUT2D eigenvalue weighted by molar-refractivity contribution is 5.67. The van der Waals surface area contributed by atoms with Crippen LogP contribution in [0.15, 0.2) is 48.5 Å². The molecule has 2 rings (SSSR count). The number of carbonyl (C=O) groups excluding carboxylic acids is 1. The first-order chi connectivity index (χ1) is 13.2. The number of amides is 1. The van der Waals surface area contributed by atoms with Crippen LogP contribution < -0.4 is 5.32 Å². The van der Waals surface area contributed by atoms with Gasteiger partial charge in [-0.25, -0.2) is 4.79 Å². The number of alkyl halides is 3. The van der Waals surface area contributed by atoms with E-state index in [0.717, 1.165) is 17.7 Å². The molecule has 2 unspecified atom stereocenters. The van der Waals surface area contributed by atoms with Crippen molar-refractivity contribution in [3.05, 3.63) is 70.8 Å². The van der Waals surface area contributed by atoms with Gasteiger partial charge in [-0.3, -0.25) is 0 Å². The fraction of sp³-hybridized carbons (Fsp3) is 0.263. The average Bonchev–Trinajstić information content (AvgIpc) is 2.69. The van der Waals surface area contributed by atoms with Gasteiger partial charge in [0.2, 0.25) is 0 Å². The maximum atomic E-state index is 13.0. The number of nitrogens with zero attached hydrogens (tertiary/aromatic N) is 1. The zero-order chi connectivity index (χ0) is 20.7. The number of halogens is 3. The highest BCUT2D eigenvalue weighted by atomic mass is 19.4. The Balaban J connectivity index is 1.94. The average molecular weight is 394 g/mol. The van der Waals surface area contributed by atoms with Crippen molar-refractivity contribution in [2.24, 2.45) is 0 Å². The molecule has 0 radical (unpaired) electrons. The number of carbonyl (C=O) groups is 1. The van der Waals surface area contributed by atoms with Crippen LogP contribution in [0.1, 0.15) is 28.4 Å². The van der Waals surface area contributed by atoms with Crippen LogP contribution in [0.25, 0.3) is 0 Å². The first-order valence-electron chi connectivity index (χ1n) is 8.14. The predicted octanol–water partition coefficient (Wildman–Crippen LogP) is 2.90. The topological polar surface area (TPSA) is 103 Å². The molecular formula is C19H17F3N2O4. The second kappa shape index (κ2) is 9.21. The molecule has 2 aromatic rings. The van der Waals surface area contributed by atoms with Gasteiger partial charge in [-0.15, -0.1) is 0 Å². The van der Waals surface area contributed by atoms with E-state index in [2.05, 4.69) is 5.32 Å². The van der Waals surface area contributed by atoms with Crippen LogP contribution in [-0.4, -0.2) is 29.0 Å². The minimum Gasteiger partial charge on any atom is -0.445 e. The largest absolute Gasteiger partial charge is 0.445 e. The molecule has 3 N–H and O–H groups in total. The van der Waals surface area contributed by atoms with E-state index in [1.807, 2.05) is 0 Å². The molecule has 6 nitrogen and oxygen atoms in total. The van der Waals surface area contributed by atoms with Crippen LogP contribution in [-0.2, 0) is 17.5 Å². The van der Waals surface area contributed by atoms with Gasteiger partial charge in [0.15, 0.2) is 0 Å². The van der Waals surface area contributed by atoms with E-state index in [4.69, 9.17) is 10.00 Å². The molecule has 0 saturated heterocycles. The Morgan fingerprint density at radius 1 is 1.18 bits per heavy atom. The Kier molecular flexibility index (Phi) is 6.98. The first kappa shape index (κ1) is 21.2. The zero-order valence-corrected chi connectivity index (χ0v) is 14.5. The maximum absolute atomic E-state index is 13.0. The van der Waals surface area contributed by atoms with Gasteiger partial charge in [0.05, 0.1) is 17.2 Å². The minimum atomic E-state index is -4.79. The number of ether oxygens (including phenoxy) is 1. The number of nitriles is 1. The van der Waals surface area contributed by atoms with E-state index in [-0.39, 0.29) is 12.2 Å². The highest BCUT2D eigenvalue weighted by Gasteiger charge is 2.34. The van der Waals surface area contributed by atoms with Gasteiger partial charge in [-0.1, -0.05) is 36.4 Å². The van der Waals surface area contributed by atoms with E-state index >= 15 is 0 Å². The molecule has 0 bridgehead atoms. The molecule has 0 aliphatic carbocycles. The summed E-state index contributed by atoms with van der Waals surface area (Å²) < 4.78 is 43.9. The van der Waals surface area contributed by atoms with E-state index in [0.29, 0.717) is 6.07 Å². The molecule has 0 aliphatic rings. The maximum Gasteiger partial charge on any atom is 0.417 e. The fourth-order valence-corrected chi connectivity index (χ4v) is 2.37. The molecule has 28 heavy (non-hydrogen) atoms. The normalized spacial score (nSPS) is 13.3. The van der Waals surface area contributed by atoms with Crippen molar-refractivity contribution < 1.29 is 32.9 Å². The SMILES string of the molecule is N#Cc1ccc(C(O)C(O)CNC(=O)OCc2ccccc2)cc1C(F)(F)F. The van der Waals surface area contributed by atoms with Gasteiger partial charge in [0.25, 0.3) is 0 Å². The molecule has 148 valence electrons. The Morgan fingerprint density at radius 2 is 1.86 bits per heavy atom. The Hall–Kier alpha value is -3.09. The number of aliphatic hydroxyl groups excluding tert-OH is 2. The number of aliphatic hydroxyl groups is 2. The van der Waals surface area contributed by atoms with Crippen molar-refractivity contribution in [1.82, 2.24) is 5.32 Å². The van der Waals surface area contributed by atoms with Crippen LogP contribution in [0, 0.1) is 11.3 Å². The molecule has 2 atom stereocenters. The van der Waals surface area contributed by atoms with Gasteiger partial charge >= 0.3 is 12.3 Å². The summed E-state index contributed by atoms with van der Waals surface area (Å²) in [5.41, 5.74) is -1.30. The molecular weight excluding hydrogens is 377 g/mol. The van der Waals surface area contributed by atoms with E-state index in [1.165, 1.54) is 6.07 Å². The van der Waals surface area contributed by atoms with Gasteiger partial charge < -0.3 is 20.3 Å². The summed E-state index contributed by atoms with van der Waals surface area (Å²) >= 11 is 0. The van der Waals surface area contributed by atoms with Gasteiger partial charge in [-0.05, 0) is 23.3 Å².